The molecule has 0 radical (unpaired) electrons. The Morgan fingerprint density at radius 2 is 1.73 bits per heavy atom. The highest BCUT2D eigenvalue weighted by molar-refractivity contribution is 7.99. The Morgan fingerprint density at radius 1 is 1.00 bits per heavy atom. The highest BCUT2D eigenvalue weighted by atomic mass is 35.5. The molecule has 3 aromatic carbocycles. The van der Waals surface area contributed by atoms with Gasteiger partial charge in [0.2, 0.25) is 5.91 Å². The van der Waals surface area contributed by atoms with Crippen LogP contribution in [0.2, 0.25) is 5.02 Å². The van der Waals surface area contributed by atoms with E-state index in [1.165, 1.54) is 17.3 Å². The number of anilines is 1. The molecule has 0 fully saturated rings. The van der Waals surface area contributed by atoms with Crippen molar-refractivity contribution in [1.82, 2.24) is 14.8 Å². The SMILES string of the molecule is CCc1ccc(-n2c(SCC(=O)Nc3ccc(C)cc3C)nnc2-c2ccc(Cl)cc2)cc1. The number of nitrogens with zero attached hydrogens (tertiary/aromatic N) is 3. The van der Waals surface area contributed by atoms with Crippen LogP contribution >= 0.6 is 23.4 Å². The molecule has 0 saturated heterocycles. The molecular weight excluding hydrogens is 452 g/mol. The number of thioether (sulfide) groups is 1. The van der Waals surface area contributed by atoms with Crippen LogP contribution in [-0.2, 0) is 11.2 Å². The number of halogens is 1. The zero-order chi connectivity index (χ0) is 23.4. The van der Waals surface area contributed by atoms with Gasteiger partial charge in [-0.15, -0.1) is 10.2 Å². The lowest BCUT2D eigenvalue weighted by atomic mass is 10.1. The fourth-order valence-electron chi connectivity index (χ4n) is 3.53. The number of carbonyl (C=O) groups is 1. The van der Waals surface area contributed by atoms with Gasteiger partial charge in [-0.1, -0.05) is 60.1 Å². The summed E-state index contributed by atoms with van der Waals surface area (Å²) in [6.45, 7) is 6.15. The summed E-state index contributed by atoms with van der Waals surface area (Å²) < 4.78 is 1.98. The third-order valence-corrected chi connectivity index (χ3v) is 6.51. The molecule has 1 heterocycles. The van der Waals surface area contributed by atoms with Gasteiger partial charge in [-0.25, -0.2) is 0 Å². The number of benzene rings is 3. The summed E-state index contributed by atoms with van der Waals surface area (Å²) in [6, 6.07) is 21.8. The Kier molecular flexibility index (Phi) is 7.16. The lowest BCUT2D eigenvalue weighted by Crippen LogP contribution is -2.15. The summed E-state index contributed by atoms with van der Waals surface area (Å²) in [4.78, 5) is 12.7. The summed E-state index contributed by atoms with van der Waals surface area (Å²) in [5, 5.41) is 13.2. The van der Waals surface area contributed by atoms with Gasteiger partial charge in [0.1, 0.15) is 0 Å². The van der Waals surface area contributed by atoms with E-state index in [1.807, 2.05) is 54.8 Å². The Bertz CT molecular complexity index is 1270. The maximum absolute atomic E-state index is 12.7. The molecule has 0 spiro atoms. The van der Waals surface area contributed by atoms with Crippen molar-refractivity contribution in [2.45, 2.75) is 32.3 Å². The quantitative estimate of drug-likeness (QED) is 0.309. The molecule has 1 N–H and O–H groups in total. The van der Waals surface area contributed by atoms with Crippen molar-refractivity contribution in [3.63, 3.8) is 0 Å². The summed E-state index contributed by atoms with van der Waals surface area (Å²) in [5.41, 5.74) is 6.12. The van der Waals surface area contributed by atoms with E-state index < -0.39 is 0 Å². The normalized spacial score (nSPS) is 10.9. The van der Waals surface area contributed by atoms with Gasteiger partial charge in [-0.05, 0) is 73.9 Å². The number of nitrogens with one attached hydrogen (secondary N) is 1. The van der Waals surface area contributed by atoms with Crippen LogP contribution in [0.3, 0.4) is 0 Å². The van der Waals surface area contributed by atoms with Crippen LogP contribution in [-0.4, -0.2) is 26.4 Å². The maximum Gasteiger partial charge on any atom is 0.234 e. The predicted molar refractivity (Wildman–Crippen MR) is 136 cm³/mol. The van der Waals surface area contributed by atoms with E-state index in [4.69, 9.17) is 11.6 Å². The minimum atomic E-state index is -0.0872. The Balaban J connectivity index is 1.60. The molecule has 0 atom stereocenters. The number of aryl methyl sites for hydroxylation is 3. The lowest BCUT2D eigenvalue weighted by molar-refractivity contribution is -0.113. The fourth-order valence-corrected chi connectivity index (χ4v) is 4.41. The second-order valence-corrected chi connectivity index (χ2v) is 9.20. The van der Waals surface area contributed by atoms with E-state index in [-0.39, 0.29) is 11.7 Å². The molecule has 1 amide bonds. The Morgan fingerprint density at radius 3 is 2.39 bits per heavy atom. The van der Waals surface area contributed by atoms with Crippen molar-refractivity contribution in [2.24, 2.45) is 0 Å². The van der Waals surface area contributed by atoms with Gasteiger partial charge in [-0.2, -0.15) is 0 Å². The molecule has 33 heavy (non-hydrogen) atoms. The number of hydrogen-bond donors (Lipinski definition) is 1. The predicted octanol–water partition coefficient (Wildman–Crippen LogP) is 6.50. The summed E-state index contributed by atoms with van der Waals surface area (Å²) in [7, 11) is 0. The third-order valence-electron chi connectivity index (χ3n) is 5.33. The molecule has 5 nitrogen and oxygen atoms in total. The van der Waals surface area contributed by atoms with E-state index in [1.54, 1.807) is 0 Å². The van der Waals surface area contributed by atoms with Gasteiger partial charge in [-0.3, -0.25) is 9.36 Å². The molecule has 0 unspecified atom stereocenters. The number of hydrogen-bond acceptors (Lipinski definition) is 4. The average Bonchev–Trinajstić information content (AvgIpc) is 3.24. The molecule has 0 aliphatic heterocycles. The third kappa shape index (κ3) is 5.46. The van der Waals surface area contributed by atoms with Crippen molar-refractivity contribution >= 4 is 35.0 Å². The van der Waals surface area contributed by atoms with Gasteiger partial charge in [0, 0.05) is 22.0 Å². The Hall–Kier alpha value is -3.09. The minimum Gasteiger partial charge on any atom is -0.325 e. The van der Waals surface area contributed by atoms with Crippen molar-refractivity contribution in [3.8, 4) is 17.1 Å². The Labute approximate surface area is 203 Å². The maximum atomic E-state index is 12.7. The highest BCUT2D eigenvalue weighted by Crippen LogP contribution is 2.29. The fraction of sp³-hybridized carbons (Fsp3) is 0.192. The smallest absolute Gasteiger partial charge is 0.234 e. The van der Waals surface area contributed by atoms with Crippen LogP contribution in [0.5, 0.6) is 0 Å². The van der Waals surface area contributed by atoms with E-state index >= 15 is 0 Å². The van der Waals surface area contributed by atoms with Gasteiger partial charge < -0.3 is 5.32 Å². The first-order valence-corrected chi connectivity index (χ1v) is 12.1. The minimum absolute atomic E-state index is 0.0872. The highest BCUT2D eigenvalue weighted by Gasteiger charge is 2.18. The topological polar surface area (TPSA) is 59.8 Å². The van der Waals surface area contributed by atoms with Crippen LogP contribution in [0.1, 0.15) is 23.6 Å². The molecule has 4 rings (SSSR count). The average molecular weight is 477 g/mol. The van der Waals surface area contributed by atoms with E-state index in [2.05, 4.69) is 52.8 Å². The van der Waals surface area contributed by atoms with Crippen molar-refractivity contribution < 1.29 is 4.79 Å². The standard InChI is InChI=1S/C26H25ClN4OS/c1-4-19-6-12-22(13-7-19)31-25(20-8-10-21(27)11-9-20)29-30-26(31)33-16-24(32)28-23-14-5-17(2)15-18(23)3/h5-15H,4,16H2,1-3H3,(H,28,32). The first-order chi connectivity index (χ1) is 15.9. The van der Waals surface area contributed by atoms with Crippen molar-refractivity contribution in [2.75, 3.05) is 11.1 Å². The number of rotatable bonds is 7. The van der Waals surface area contributed by atoms with Crippen molar-refractivity contribution in [1.29, 1.82) is 0 Å². The zero-order valence-corrected chi connectivity index (χ0v) is 20.4. The molecule has 0 saturated carbocycles. The number of aromatic nitrogens is 3. The first-order valence-electron chi connectivity index (χ1n) is 10.7. The second kappa shape index (κ2) is 10.2. The van der Waals surface area contributed by atoms with Gasteiger partial charge in [0.15, 0.2) is 11.0 Å². The van der Waals surface area contributed by atoms with E-state index in [9.17, 15) is 4.79 Å². The largest absolute Gasteiger partial charge is 0.325 e. The summed E-state index contributed by atoms with van der Waals surface area (Å²) >= 11 is 7.43. The summed E-state index contributed by atoms with van der Waals surface area (Å²) in [5.74, 6) is 0.836. The number of carbonyl (C=O) groups excluding carboxylic acids is 1. The zero-order valence-electron chi connectivity index (χ0n) is 18.8. The van der Waals surface area contributed by atoms with Crippen LogP contribution < -0.4 is 5.32 Å². The van der Waals surface area contributed by atoms with Gasteiger partial charge in [0.25, 0.3) is 0 Å². The lowest BCUT2D eigenvalue weighted by Gasteiger charge is -2.12. The van der Waals surface area contributed by atoms with Crippen LogP contribution in [0, 0.1) is 13.8 Å². The molecule has 4 aromatic rings. The first kappa shape index (κ1) is 23.1. The van der Waals surface area contributed by atoms with Gasteiger partial charge in [0.05, 0.1) is 5.75 Å². The van der Waals surface area contributed by atoms with E-state index in [0.29, 0.717) is 16.0 Å². The van der Waals surface area contributed by atoms with Crippen LogP contribution in [0.4, 0.5) is 5.69 Å². The van der Waals surface area contributed by atoms with Crippen LogP contribution in [0.15, 0.2) is 71.9 Å². The molecule has 1 aromatic heterocycles. The molecule has 0 aliphatic carbocycles. The molecule has 168 valence electrons. The second-order valence-electron chi connectivity index (χ2n) is 7.82. The van der Waals surface area contributed by atoms with E-state index in [0.717, 1.165) is 34.5 Å². The van der Waals surface area contributed by atoms with Crippen molar-refractivity contribution in [3.05, 3.63) is 88.4 Å². The molecular formula is C26H25ClN4OS. The molecule has 0 aliphatic rings. The van der Waals surface area contributed by atoms with Gasteiger partial charge >= 0.3 is 0 Å². The molecule has 0 bridgehead atoms. The summed E-state index contributed by atoms with van der Waals surface area (Å²) in [6.07, 6.45) is 0.965. The van der Waals surface area contributed by atoms with Crippen LogP contribution in [0.25, 0.3) is 17.1 Å². The monoisotopic (exact) mass is 476 g/mol. The molecule has 7 heteroatoms. The number of amides is 1.